The van der Waals surface area contributed by atoms with Gasteiger partial charge in [0.1, 0.15) is 0 Å². The average Bonchev–Trinajstić information content (AvgIpc) is 2.10. The van der Waals surface area contributed by atoms with Crippen LogP contribution >= 0.6 is 0 Å². The molecule has 0 aliphatic heterocycles. The molecule has 0 saturated heterocycles. The molecule has 0 saturated carbocycles. The van der Waals surface area contributed by atoms with Crippen molar-refractivity contribution in [1.29, 1.82) is 0 Å². The summed E-state index contributed by atoms with van der Waals surface area (Å²) in [5, 5.41) is 3.09. The van der Waals surface area contributed by atoms with Gasteiger partial charge in [-0.05, 0) is 18.9 Å². The average molecular weight is 166 g/mol. The topological polar surface area (TPSA) is 24.4 Å². The summed E-state index contributed by atoms with van der Waals surface area (Å²) in [7, 11) is 1.75. The van der Waals surface area contributed by atoms with Crippen LogP contribution in [0.2, 0.25) is 0 Å². The quantitative estimate of drug-likeness (QED) is 0.379. The number of aliphatic imine (C=N–C) groups is 1. The maximum atomic E-state index is 3.85. The zero-order chi connectivity index (χ0) is 9.23. The molecule has 0 unspecified atom stereocenters. The Bertz CT molecular complexity index is 178. The highest BCUT2D eigenvalue weighted by atomic mass is 14.9. The minimum Gasteiger partial charge on any atom is -0.347 e. The van der Waals surface area contributed by atoms with Crippen LogP contribution in [0, 0.1) is 0 Å². The van der Waals surface area contributed by atoms with Crippen molar-refractivity contribution < 1.29 is 0 Å². The Kier molecular flexibility index (Phi) is 7.35. The molecule has 0 heterocycles. The molecule has 0 aliphatic carbocycles. The first-order chi connectivity index (χ1) is 5.85. The van der Waals surface area contributed by atoms with E-state index in [2.05, 4.69) is 42.4 Å². The fourth-order valence-corrected chi connectivity index (χ4v) is 0.779. The van der Waals surface area contributed by atoms with Crippen molar-refractivity contribution in [3.05, 3.63) is 23.9 Å². The van der Waals surface area contributed by atoms with Crippen molar-refractivity contribution in [2.24, 2.45) is 4.99 Å². The van der Waals surface area contributed by atoms with E-state index in [0.717, 1.165) is 18.5 Å². The second-order valence-corrected chi connectivity index (χ2v) is 2.41. The van der Waals surface area contributed by atoms with Crippen LogP contribution in [-0.2, 0) is 0 Å². The number of rotatable bonds is 5. The van der Waals surface area contributed by atoms with Crippen LogP contribution in [0.1, 0.15) is 26.7 Å². The molecule has 2 nitrogen and oxygen atoms in total. The van der Waals surface area contributed by atoms with Gasteiger partial charge in [-0.25, -0.2) is 0 Å². The van der Waals surface area contributed by atoms with Gasteiger partial charge in [0.05, 0.1) is 6.34 Å². The highest BCUT2D eigenvalue weighted by Crippen LogP contribution is 1.94. The largest absolute Gasteiger partial charge is 0.347 e. The maximum absolute atomic E-state index is 3.85. The summed E-state index contributed by atoms with van der Waals surface area (Å²) in [5.41, 5.74) is 1.12. The molecule has 2 heteroatoms. The van der Waals surface area contributed by atoms with Gasteiger partial charge in [-0.3, -0.25) is 4.99 Å². The summed E-state index contributed by atoms with van der Waals surface area (Å²) >= 11 is 0. The van der Waals surface area contributed by atoms with E-state index in [9.17, 15) is 0 Å². The van der Waals surface area contributed by atoms with E-state index in [1.165, 1.54) is 0 Å². The van der Waals surface area contributed by atoms with Gasteiger partial charge in [0.2, 0.25) is 0 Å². The summed E-state index contributed by atoms with van der Waals surface area (Å²) in [4.78, 5) is 3.85. The zero-order valence-electron chi connectivity index (χ0n) is 8.17. The lowest BCUT2D eigenvalue weighted by atomic mass is 10.3. The lowest BCUT2D eigenvalue weighted by molar-refractivity contribution is 1.11. The lowest BCUT2D eigenvalue weighted by Crippen LogP contribution is -2.08. The molecule has 0 aromatic heterocycles. The molecule has 0 aliphatic rings. The van der Waals surface area contributed by atoms with Crippen LogP contribution < -0.4 is 5.32 Å². The molecule has 0 rings (SSSR count). The molecule has 0 amide bonds. The Labute approximate surface area is 75.1 Å². The molecule has 0 aromatic carbocycles. The van der Waals surface area contributed by atoms with Crippen LogP contribution in [0.25, 0.3) is 0 Å². The molecule has 68 valence electrons. The van der Waals surface area contributed by atoms with E-state index in [-0.39, 0.29) is 0 Å². The molecule has 12 heavy (non-hydrogen) atoms. The van der Waals surface area contributed by atoms with Gasteiger partial charge in [-0.2, -0.15) is 0 Å². The third-order valence-corrected chi connectivity index (χ3v) is 1.32. The molecule has 0 radical (unpaired) electrons. The van der Waals surface area contributed by atoms with Crippen molar-refractivity contribution in [3.8, 4) is 0 Å². The molecule has 0 aromatic rings. The molecule has 0 atom stereocenters. The molecule has 1 N–H and O–H groups in total. The summed E-state index contributed by atoms with van der Waals surface area (Å²) in [6.45, 7) is 4.23. The minimum atomic E-state index is 1.04. The second-order valence-electron chi connectivity index (χ2n) is 2.41. The second kappa shape index (κ2) is 8.05. The van der Waals surface area contributed by atoms with Crippen molar-refractivity contribution in [2.75, 3.05) is 7.05 Å². The van der Waals surface area contributed by atoms with Gasteiger partial charge in [-0.15, -0.1) is 0 Å². The van der Waals surface area contributed by atoms with Crippen molar-refractivity contribution >= 4 is 6.34 Å². The Morgan fingerprint density at radius 1 is 1.33 bits per heavy atom. The van der Waals surface area contributed by atoms with Crippen LogP contribution in [-0.4, -0.2) is 13.4 Å². The zero-order valence-corrected chi connectivity index (χ0v) is 8.17. The van der Waals surface area contributed by atoms with Crippen LogP contribution in [0.5, 0.6) is 0 Å². The Hall–Kier alpha value is -1.05. The van der Waals surface area contributed by atoms with E-state index in [4.69, 9.17) is 0 Å². The standard InChI is InChI=1S/C10H18N2/c1-4-6-8-10(7-5-2)12-9-11-3/h6-9H,4-5H2,1-3H3,(H,11,12)/b8-6-,10-7+. The smallest absolute Gasteiger partial charge is 0.0864 e. The minimum absolute atomic E-state index is 1.04. The van der Waals surface area contributed by atoms with Crippen LogP contribution in [0.4, 0.5) is 0 Å². The molecular weight excluding hydrogens is 148 g/mol. The summed E-state index contributed by atoms with van der Waals surface area (Å²) in [5.74, 6) is 0. The summed E-state index contributed by atoms with van der Waals surface area (Å²) in [6.07, 6.45) is 10.1. The van der Waals surface area contributed by atoms with Gasteiger partial charge >= 0.3 is 0 Å². The fourth-order valence-electron chi connectivity index (χ4n) is 0.779. The van der Waals surface area contributed by atoms with Gasteiger partial charge in [0, 0.05) is 12.7 Å². The number of nitrogens with one attached hydrogen (secondary N) is 1. The van der Waals surface area contributed by atoms with Gasteiger partial charge in [0.15, 0.2) is 0 Å². The predicted octanol–water partition coefficient (Wildman–Crippen LogP) is 2.49. The summed E-state index contributed by atoms with van der Waals surface area (Å²) in [6, 6.07) is 0. The SMILES string of the molecule is CC/C=C\C(=C/CC)NC=NC. The first-order valence-electron chi connectivity index (χ1n) is 4.39. The first kappa shape index (κ1) is 11.0. The van der Waals surface area contributed by atoms with Crippen molar-refractivity contribution in [2.45, 2.75) is 26.7 Å². The number of hydrogen-bond acceptors (Lipinski definition) is 1. The summed E-state index contributed by atoms with van der Waals surface area (Å²) < 4.78 is 0. The first-order valence-corrected chi connectivity index (χ1v) is 4.39. The van der Waals surface area contributed by atoms with Gasteiger partial charge in [-0.1, -0.05) is 26.0 Å². The third-order valence-electron chi connectivity index (χ3n) is 1.32. The molecule has 0 spiro atoms. The van der Waals surface area contributed by atoms with E-state index in [1.807, 2.05) is 0 Å². The number of hydrogen-bond donors (Lipinski definition) is 1. The van der Waals surface area contributed by atoms with E-state index < -0.39 is 0 Å². The van der Waals surface area contributed by atoms with E-state index >= 15 is 0 Å². The number of allylic oxidation sites excluding steroid dienone is 3. The third kappa shape index (κ3) is 5.71. The lowest BCUT2D eigenvalue weighted by Gasteiger charge is -1.99. The van der Waals surface area contributed by atoms with Gasteiger partial charge in [0.25, 0.3) is 0 Å². The van der Waals surface area contributed by atoms with Crippen molar-refractivity contribution in [1.82, 2.24) is 5.32 Å². The normalized spacial score (nSPS) is 13.1. The van der Waals surface area contributed by atoms with Crippen LogP contribution in [0.15, 0.2) is 28.9 Å². The monoisotopic (exact) mass is 166 g/mol. The predicted molar refractivity (Wildman–Crippen MR) is 55.4 cm³/mol. The fraction of sp³-hybridized carbons (Fsp3) is 0.500. The Balaban J connectivity index is 4.04. The number of nitrogens with zero attached hydrogens (tertiary/aromatic N) is 1. The van der Waals surface area contributed by atoms with Crippen molar-refractivity contribution in [3.63, 3.8) is 0 Å². The highest BCUT2D eigenvalue weighted by Gasteiger charge is 1.84. The van der Waals surface area contributed by atoms with Crippen LogP contribution in [0.3, 0.4) is 0 Å². The molecule has 0 bridgehead atoms. The maximum Gasteiger partial charge on any atom is 0.0864 e. The Morgan fingerprint density at radius 2 is 2.08 bits per heavy atom. The molecule has 0 fully saturated rings. The Morgan fingerprint density at radius 3 is 2.58 bits per heavy atom. The van der Waals surface area contributed by atoms with Gasteiger partial charge < -0.3 is 5.32 Å². The van der Waals surface area contributed by atoms with E-state index in [0.29, 0.717) is 0 Å². The van der Waals surface area contributed by atoms with E-state index in [1.54, 1.807) is 13.4 Å². The molecular formula is C10H18N2. The highest BCUT2D eigenvalue weighted by molar-refractivity contribution is 5.58.